The van der Waals surface area contributed by atoms with Gasteiger partial charge in [0.05, 0.1) is 28.9 Å². The van der Waals surface area contributed by atoms with Crippen LogP contribution in [0.5, 0.6) is 5.75 Å². The minimum atomic E-state index is -3.98. The smallest absolute Gasteiger partial charge is 0.264 e. The number of sulfonamides is 1. The minimum Gasteiger partial charge on any atom is -0.495 e. The van der Waals surface area contributed by atoms with Crippen molar-refractivity contribution in [3.05, 3.63) is 83.4 Å². The molecular formula is C22H19F2N3O5S. The van der Waals surface area contributed by atoms with Crippen LogP contribution in [0.15, 0.2) is 65.6 Å². The molecule has 0 saturated heterocycles. The Morgan fingerprint density at radius 3 is 2.24 bits per heavy atom. The van der Waals surface area contributed by atoms with Crippen molar-refractivity contribution in [3.8, 4) is 5.75 Å². The zero-order chi connectivity index (χ0) is 24.3. The molecule has 172 valence electrons. The Bertz CT molecular complexity index is 1330. The maximum Gasteiger partial charge on any atom is 0.264 e. The lowest BCUT2D eigenvalue weighted by molar-refractivity contribution is 0.0992. The number of carbonyl (C=O) groups excluding carboxylic acids is 2. The number of carbonyl (C=O) groups is 2. The highest BCUT2D eigenvalue weighted by molar-refractivity contribution is 7.92. The van der Waals surface area contributed by atoms with Crippen LogP contribution in [0.25, 0.3) is 0 Å². The number of hydrogen-bond donors (Lipinski definition) is 2. The largest absolute Gasteiger partial charge is 0.495 e. The van der Waals surface area contributed by atoms with Crippen LogP contribution < -0.4 is 20.1 Å². The Labute approximate surface area is 188 Å². The van der Waals surface area contributed by atoms with Gasteiger partial charge in [0.25, 0.3) is 21.8 Å². The molecule has 3 N–H and O–H groups in total. The van der Waals surface area contributed by atoms with Gasteiger partial charge in [-0.2, -0.15) is 0 Å². The quantitative estimate of drug-likeness (QED) is 0.544. The van der Waals surface area contributed by atoms with E-state index < -0.39 is 44.7 Å². The number of hydrogen-bond acceptors (Lipinski definition) is 5. The lowest BCUT2D eigenvalue weighted by Crippen LogP contribution is -2.27. The van der Waals surface area contributed by atoms with Gasteiger partial charge in [0.1, 0.15) is 17.4 Å². The molecule has 0 radical (unpaired) electrons. The van der Waals surface area contributed by atoms with E-state index >= 15 is 0 Å². The van der Waals surface area contributed by atoms with Gasteiger partial charge in [0.15, 0.2) is 0 Å². The second kappa shape index (κ2) is 9.25. The molecule has 0 saturated carbocycles. The number of primary amides is 1. The van der Waals surface area contributed by atoms with Crippen LogP contribution in [0.1, 0.15) is 20.7 Å². The number of ether oxygens (including phenoxy) is 1. The molecule has 3 rings (SSSR count). The molecular weight excluding hydrogens is 456 g/mol. The lowest BCUT2D eigenvalue weighted by atomic mass is 10.1. The standard InChI is InChI=1S/C22H19F2N3O5S/c1-27(19-5-3-4-6-20(19)32-2)33(30,31)14-9-7-13(8-10-14)22(29)26-18-11-15(21(25)28)16(23)12-17(18)24/h3-12H,1-2H3,(H2,25,28)(H,26,29). The molecule has 0 atom stereocenters. The van der Waals surface area contributed by atoms with Crippen LogP contribution >= 0.6 is 0 Å². The van der Waals surface area contributed by atoms with Crippen molar-refractivity contribution in [1.29, 1.82) is 0 Å². The molecule has 33 heavy (non-hydrogen) atoms. The summed E-state index contributed by atoms with van der Waals surface area (Å²) in [5.74, 6) is -3.85. The van der Waals surface area contributed by atoms with Gasteiger partial charge in [-0.15, -0.1) is 0 Å². The van der Waals surface area contributed by atoms with Crippen LogP contribution in [0.2, 0.25) is 0 Å². The first kappa shape index (κ1) is 23.7. The number of anilines is 2. The van der Waals surface area contributed by atoms with Gasteiger partial charge in [-0.25, -0.2) is 17.2 Å². The van der Waals surface area contributed by atoms with Crippen molar-refractivity contribution < 1.29 is 31.5 Å². The summed E-state index contributed by atoms with van der Waals surface area (Å²) in [7, 11) is -1.20. The van der Waals surface area contributed by atoms with E-state index in [4.69, 9.17) is 10.5 Å². The Hall–Kier alpha value is -3.99. The van der Waals surface area contributed by atoms with E-state index in [2.05, 4.69) is 5.32 Å². The molecule has 0 bridgehead atoms. The molecule has 8 nitrogen and oxygen atoms in total. The zero-order valence-corrected chi connectivity index (χ0v) is 18.3. The topological polar surface area (TPSA) is 119 Å². The minimum absolute atomic E-state index is 0.00163. The fraction of sp³-hybridized carbons (Fsp3) is 0.0909. The molecule has 0 heterocycles. The number of para-hydroxylation sites is 2. The van der Waals surface area contributed by atoms with Crippen molar-refractivity contribution in [3.63, 3.8) is 0 Å². The fourth-order valence-corrected chi connectivity index (χ4v) is 4.19. The Balaban J connectivity index is 1.85. The van der Waals surface area contributed by atoms with E-state index in [9.17, 15) is 26.8 Å². The van der Waals surface area contributed by atoms with E-state index in [0.717, 1.165) is 10.4 Å². The molecule has 11 heteroatoms. The number of halogens is 2. The summed E-state index contributed by atoms with van der Waals surface area (Å²) < 4.78 is 59.8. The molecule has 0 fully saturated rings. The number of benzene rings is 3. The zero-order valence-electron chi connectivity index (χ0n) is 17.5. The van der Waals surface area contributed by atoms with E-state index in [0.29, 0.717) is 17.5 Å². The number of nitrogens with two attached hydrogens (primary N) is 1. The van der Waals surface area contributed by atoms with Gasteiger partial charge >= 0.3 is 0 Å². The Morgan fingerprint density at radius 2 is 1.64 bits per heavy atom. The molecule has 0 aromatic heterocycles. The van der Waals surface area contributed by atoms with Gasteiger partial charge in [-0.3, -0.25) is 13.9 Å². The predicted molar refractivity (Wildman–Crippen MR) is 118 cm³/mol. The molecule has 0 aliphatic rings. The van der Waals surface area contributed by atoms with Gasteiger partial charge in [0, 0.05) is 18.7 Å². The van der Waals surface area contributed by atoms with Crippen molar-refractivity contribution in [2.45, 2.75) is 4.90 Å². The van der Waals surface area contributed by atoms with Gasteiger partial charge < -0.3 is 15.8 Å². The van der Waals surface area contributed by atoms with Crippen molar-refractivity contribution in [2.24, 2.45) is 5.73 Å². The van der Waals surface area contributed by atoms with Crippen molar-refractivity contribution in [1.82, 2.24) is 0 Å². The van der Waals surface area contributed by atoms with Gasteiger partial charge in [-0.1, -0.05) is 12.1 Å². The number of nitrogens with one attached hydrogen (secondary N) is 1. The normalized spacial score (nSPS) is 11.0. The maximum atomic E-state index is 14.0. The molecule has 2 amide bonds. The average Bonchev–Trinajstić information content (AvgIpc) is 2.80. The number of amides is 2. The molecule has 0 aliphatic heterocycles. The third kappa shape index (κ3) is 4.77. The van der Waals surface area contributed by atoms with Gasteiger partial charge in [0.2, 0.25) is 0 Å². The third-order valence-corrected chi connectivity index (χ3v) is 6.56. The third-order valence-electron chi connectivity index (χ3n) is 4.77. The van der Waals surface area contributed by atoms with E-state index in [-0.39, 0.29) is 10.5 Å². The van der Waals surface area contributed by atoms with Crippen LogP contribution in [0.4, 0.5) is 20.2 Å². The first-order chi connectivity index (χ1) is 15.6. The highest BCUT2D eigenvalue weighted by Gasteiger charge is 2.24. The van der Waals surface area contributed by atoms with E-state index in [1.165, 1.54) is 38.4 Å². The summed E-state index contributed by atoms with van der Waals surface area (Å²) in [6.07, 6.45) is 0. The Kier molecular flexibility index (Phi) is 6.63. The summed E-state index contributed by atoms with van der Waals surface area (Å²) in [4.78, 5) is 23.6. The molecule has 0 spiro atoms. The van der Waals surface area contributed by atoms with Crippen LogP contribution in [0.3, 0.4) is 0 Å². The second-order valence-corrected chi connectivity index (χ2v) is 8.77. The van der Waals surface area contributed by atoms with Gasteiger partial charge in [-0.05, 0) is 42.5 Å². The van der Waals surface area contributed by atoms with E-state index in [1.807, 2.05) is 0 Å². The highest BCUT2D eigenvalue weighted by atomic mass is 32.2. The second-order valence-electron chi connectivity index (χ2n) is 6.80. The highest BCUT2D eigenvalue weighted by Crippen LogP contribution is 2.31. The number of rotatable bonds is 7. The lowest BCUT2D eigenvalue weighted by Gasteiger charge is -2.21. The van der Waals surface area contributed by atoms with Crippen LogP contribution in [0, 0.1) is 11.6 Å². The number of nitrogens with zero attached hydrogens (tertiary/aromatic N) is 1. The fourth-order valence-electron chi connectivity index (χ4n) is 2.98. The summed E-state index contributed by atoms with van der Waals surface area (Å²) in [5.41, 5.74) is 4.31. The van der Waals surface area contributed by atoms with Crippen molar-refractivity contribution >= 4 is 33.2 Å². The molecule has 0 unspecified atom stereocenters. The Morgan fingerprint density at radius 1 is 1.00 bits per heavy atom. The monoisotopic (exact) mass is 475 g/mol. The SMILES string of the molecule is COc1ccccc1N(C)S(=O)(=O)c1ccc(C(=O)Nc2cc(C(N)=O)c(F)cc2F)cc1. The maximum absolute atomic E-state index is 14.0. The molecule has 0 aliphatic carbocycles. The average molecular weight is 475 g/mol. The number of methoxy groups -OCH3 is 1. The first-order valence-corrected chi connectivity index (χ1v) is 10.8. The molecule has 3 aromatic carbocycles. The summed E-state index contributed by atoms with van der Waals surface area (Å²) >= 11 is 0. The first-order valence-electron chi connectivity index (χ1n) is 9.38. The summed E-state index contributed by atoms with van der Waals surface area (Å²) in [6.45, 7) is 0. The van der Waals surface area contributed by atoms with Crippen molar-refractivity contribution in [2.75, 3.05) is 23.8 Å². The summed E-state index contributed by atoms with van der Waals surface area (Å²) in [5, 5.41) is 2.21. The predicted octanol–water partition coefficient (Wildman–Crippen LogP) is 3.15. The van der Waals surface area contributed by atoms with E-state index in [1.54, 1.807) is 24.3 Å². The van der Waals surface area contributed by atoms with Crippen LogP contribution in [-0.2, 0) is 10.0 Å². The van der Waals surface area contributed by atoms with Crippen LogP contribution in [-0.4, -0.2) is 34.4 Å². The summed E-state index contributed by atoms with van der Waals surface area (Å²) in [6, 6.07) is 12.7. The molecule has 3 aromatic rings.